The molecule has 33 heavy (non-hydrogen) atoms. The molecular formula is C33H22. The molecule has 7 rings (SSSR count). The van der Waals surface area contributed by atoms with Gasteiger partial charge in [-0.15, -0.1) is 0 Å². The van der Waals surface area contributed by atoms with Crippen molar-refractivity contribution in [2.24, 2.45) is 0 Å². The zero-order valence-electron chi connectivity index (χ0n) is 18.5. The summed E-state index contributed by atoms with van der Waals surface area (Å²) < 4.78 is 0. The second kappa shape index (κ2) is 6.92. The molecule has 0 amide bonds. The first-order valence-electron chi connectivity index (χ1n) is 11.5. The number of fused-ring (bicyclic) bond motifs is 1. The molecule has 0 spiro atoms. The van der Waals surface area contributed by atoms with E-state index in [9.17, 15) is 0 Å². The van der Waals surface area contributed by atoms with E-state index in [0.29, 0.717) is 0 Å². The lowest BCUT2D eigenvalue weighted by molar-refractivity contribution is 1.47. The Labute approximate surface area is 193 Å². The largest absolute Gasteiger partial charge is 0.0616 e. The van der Waals surface area contributed by atoms with Gasteiger partial charge < -0.3 is 0 Å². The molecule has 0 fully saturated rings. The third-order valence-electron chi connectivity index (χ3n) is 7.11. The summed E-state index contributed by atoms with van der Waals surface area (Å²) in [5.74, 6) is 0. The van der Waals surface area contributed by atoms with E-state index in [2.05, 4.69) is 122 Å². The Balaban J connectivity index is 1.59. The average molecular weight is 419 g/mol. The molecule has 0 bridgehead atoms. The van der Waals surface area contributed by atoms with Crippen LogP contribution in [0.1, 0.15) is 5.56 Å². The van der Waals surface area contributed by atoms with Gasteiger partial charge in [0.2, 0.25) is 0 Å². The Morgan fingerprint density at radius 2 is 0.939 bits per heavy atom. The monoisotopic (exact) mass is 418 g/mol. The summed E-state index contributed by atoms with van der Waals surface area (Å²) in [7, 11) is 0. The number of hydrogen-bond acceptors (Lipinski definition) is 0. The maximum atomic E-state index is 2.31. The van der Waals surface area contributed by atoms with Crippen LogP contribution >= 0.6 is 0 Å². The van der Waals surface area contributed by atoms with Crippen molar-refractivity contribution in [1.29, 1.82) is 0 Å². The minimum Gasteiger partial charge on any atom is -0.0616 e. The minimum absolute atomic E-state index is 1.27. The molecule has 0 heteroatoms. The van der Waals surface area contributed by atoms with Gasteiger partial charge in [-0.25, -0.2) is 0 Å². The fourth-order valence-corrected chi connectivity index (χ4v) is 5.48. The highest BCUT2D eigenvalue weighted by molar-refractivity contribution is 6.28. The maximum Gasteiger partial charge on any atom is -0.00203 e. The summed E-state index contributed by atoms with van der Waals surface area (Å²) in [6.45, 7) is 2.14. The number of benzene rings is 7. The Morgan fingerprint density at radius 1 is 0.364 bits per heavy atom. The van der Waals surface area contributed by atoms with Crippen LogP contribution in [0, 0.1) is 6.92 Å². The van der Waals surface area contributed by atoms with Gasteiger partial charge in [0.05, 0.1) is 0 Å². The molecule has 0 aliphatic heterocycles. The lowest BCUT2D eigenvalue weighted by atomic mass is 9.86. The number of aryl methyl sites for hydroxylation is 1. The summed E-state index contributed by atoms with van der Waals surface area (Å²) in [4.78, 5) is 0. The van der Waals surface area contributed by atoms with Crippen molar-refractivity contribution in [2.45, 2.75) is 6.92 Å². The van der Waals surface area contributed by atoms with Crippen LogP contribution in [0.4, 0.5) is 0 Å². The minimum atomic E-state index is 1.27. The fourth-order valence-electron chi connectivity index (χ4n) is 5.48. The van der Waals surface area contributed by atoms with Crippen LogP contribution in [0.3, 0.4) is 0 Å². The highest BCUT2D eigenvalue weighted by Crippen LogP contribution is 2.43. The number of rotatable bonds is 2. The summed E-state index contributed by atoms with van der Waals surface area (Å²) in [6, 6.07) is 42.5. The van der Waals surface area contributed by atoms with Crippen LogP contribution in [-0.2, 0) is 0 Å². The second-order valence-corrected chi connectivity index (χ2v) is 9.04. The van der Waals surface area contributed by atoms with Crippen LogP contribution in [0.25, 0.3) is 65.3 Å². The van der Waals surface area contributed by atoms with Gasteiger partial charge in [0.25, 0.3) is 0 Å². The molecule has 0 heterocycles. The lowest BCUT2D eigenvalue weighted by Crippen LogP contribution is -1.90. The van der Waals surface area contributed by atoms with Gasteiger partial charge in [-0.3, -0.25) is 0 Å². The van der Waals surface area contributed by atoms with Crippen molar-refractivity contribution in [3.63, 3.8) is 0 Å². The first kappa shape index (κ1) is 18.4. The van der Waals surface area contributed by atoms with E-state index in [1.165, 1.54) is 70.9 Å². The van der Waals surface area contributed by atoms with E-state index in [1.807, 2.05) is 0 Å². The van der Waals surface area contributed by atoms with Crippen molar-refractivity contribution in [2.75, 3.05) is 0 Å². The standard InChI is InChI=1S/C33H22/c1-21-9-11-23(12-10-21)27-17-13-24-16-20-31-29(18-14-25-15-19-30(27)32(24)33(25)31)28-8-4-6-22-5-2-3-7-26(22)28/h2-20H,1H3. The third kappa shape index (κ3) is 2.71. The molecule has 7 aromatic carbocycles. The van der Waals surface area contributed by atoms with E-state index in [-0.39, 0.29) is 0 Å². The summed E-state index contributed by atoms with van der Waals surface area (Å²) in [6.07, 6.45) is 0. The average Bonchev–Trinajstić information content (AvgIpc) is 2.87. The maximum absolute atomic E-state index is 2.31. The van der Waals surface area contributed by atoms with Crippen molar-refractivity contribution in [3.05, 3.63) is 121 Å². The van der Waals surface area contributed by atoms with Gasteiger partial charge in [0, 0.05) is 0 Å². The van der Waals surface area contributed by atoms with Gasteiger partial charge in [-0.2, -0.15) is 0 Å². The lowest BCUT2D eigenvalue weighted by Gasteiger charge is -2.17. The summed E-state index contributed by atoms with van der Waals surface area (Å²) >= 11 is 0. The molecule has 0 saturated heterocycles. The molecule has 0 aliphatic carbocycles. The Bertz CT molecular complexity index is 1800. The summed E-state index contributed by atoms with van der Waals surface area (Å²) in [5.41, 5.74) is 6.45. The molecule has 0 saturated carbocycles. The van der Waals surface area contributed by atoms with Gasteiger partial charge >= 0.3 is 0 Å². The molecule has 154 valence electrons. The van der Waals surface area contributed by atoms with E-state index in [4.69, 9.17) is 0 Å². The molecule has 0 atom stereocenters. The quantitative estimate of drug-likeness (QED) is 0.245. The van der Waals surface area contributed by atoms with Crippen molar-refractivity contribution in [1.82, 2.24) is 0 Å². The fraction of sp³-hybridized carbons (Fsp3) is 0.0303. The predicted octanol–water partition coefficient (Wildman–Crippen LogP) is 9.38. The molecule has 0 unspecified atom stereocenters. The molecule has 0 N–H and O–H groups in total. The topological polar surface area (TPSA) is 0 Å². The first-order chi connectivity index (χ1) is 16.3. The predicted molar refractivity (Wildman–Crippen MR) is 143 cm³/mol. The zero-order valence-corrected chi connectivity index (χ0v) is 18.5. The van der Waals surface area contributed by atoms with Crippen LogP contribution in [0.5, 0.6) is 0 Å². The Hall–Kier alpha value is -4.16. The Kier molecular flexibility index (Phi) is 3.86. The molecule has 7 aromatic rings. The molecule has 0 aromatic heterocycles. The highest BCUT2D eigenvalue weighted by Gasteiger charge is 2.15. The van der Waals surface area contributed by atoms with Gasteiger partial charge in [0.15, 0.2) is 0 Å². The van der Waals surface area contributed by atoms with E-state index in [0.717, 1.165) is 0 Å². The van der Waals surface area contributed by atoms with Gasteiger partial charge in [-0.05, 0) is 72.3 Å². The smallest absolute Gasteiger partial charge is 0.00203 e. The van der Waals surface area contributed by atoms with Crippen molar-refractivity contribution in [3.8, 4) is 22.3 Å². The van der Waals surface area contributed by atoms with Gasteiger partial charge in [0.1, 0.15) is 0 Å². The summed E-state index contributed by atoms with van der Waals surface area (Å²) in [5, 5.41) is 10.6. The van der Waals surface area contributed by atoms with Crippen LogP contribution < -0.4 is 0 Å². The molecule has 0 aliphatic rings. The third-order valence-corrected chi connectivity index (χ3v) is 7.11. The van der Waals surface area contributed by atoms with Crippen molar-refractivity contribution >= 4 is 43.1 Å². The van der Waals surface area contributed by atoms with Crippen molar-refractivity contribution < 1.29 is 0 Å². The Morgan fingerprint density at radius 3 is 1.70 bits per heavy atom. The van der Waals surface area contributed by atoms with Crippen LogP contribution in [0.15, 0.2) is 115 Å². The van der Waals surface area contributed by atoms with Crippen LogP contribution in [0.2, 0.25) is 0 Å². The van der Waals surface area contributed by atoms with E-state index in [1.54, 1.807) is 0 Å². The van der Waals surface area contributed by atoms with E-state index >= 15 is 0 Å². The number of hydrogen-bond donors (Lipinski definition) is 0. The zero-order chi connectivity index (χ0) is 21.9. The van der Waals surface area contributed by atoms with Crippen LogP contribution in [-0.4, -0.2) is 0 Å². The SMILES string of the molecule is Cc1ccc(-c2ccc3ccc4c(-c5cccc6ccccc56)ccc5ccc2c3c54)cc1. The normalized spacial score (nSPS) is 11.8. The first-order valence-corrected chi connectivity index (χ1v) is 11.5. The van der Waals surface area contributed by atoms with E-state index < -0.39 is 0 Å². The molecule has 0 radical (unpaired) electrons. The molecule has 0 nitrogen and oxygen atoms in total. The molecular weight excluding hydrogens is 396 g/mol. The highest BCUT2D eigenvalue weighted by atomic mass is 14.2. The van der Waals surface area contributed by atoms with Gasteiger partial charge in [-0.1, -0.05) is 121 Å². The second-order valence-electron chi connectivity index (χ2n) is 9.04.